The molecule has 0 bridgehead atoms. The molecule has 0 aromatic heterocycles. The minimum absolute atomic E-state index is 0.0983. The Balaban J connectivity index is 1.76. The summed E-state index contributed by atoms with van der Waals surface area (Å²) in [5.41, 5.74) is 1.11. The molecule has 1 aromatic rings. The molecule has 4 atom stereocenters. The van der Waals surface area contributed by atoms with Crippen LogP contribution in [0.5, 0.6) is 0 Å². The molecule has 5 nitrogen and oxygen atoms in total. The van der Waals surface area contributed by atoms with Gasteiger partial charge in [0.25, 0.3) is 0 Å². The highest BCUT2D eigenvalue weighted by molar-refractivity contribution is 5.13. The molecule has 20 heavy (non-hydrogen) atoms. The molecule has 0 saturated carbocycles. The Kier molecular flexibility index (Phi) is 5.94. The molecule has 1 fully saturated rings. The summed E-state index contributed by atoms with van der Waals surface area (Å²) >= 11 is 0. The van der Waals surface area contributed by atoms with Gasteiger partial charge in [-0.15, -0.1) is 0 Å². The molecule has 1 aliphatic rings. The normalized spacial score (nSPS) is 30.4. The van der Waals surface area contributed by atoms with Crippen molar-refractivity contribution in [2.45, 2.75) is 31.5 Å². The average molecular weight is 282 g/mol. The SMILES string of the molecule is CO[C@@H]1OC[C@@H](O)[C@@H](O)[C@H]1CCOCc1ccccc1. The van der Waals surface area contributed by atoms with Gasteiger partial charge in [-0.2, -0.15) is 0 Å². The number of ether oxygens (including phenoxy) is 3. The number of aliphatic hydroxyl groups excluding tert-OH is 2. The van der Waals surface area contributed by atoms with Crippen molar-refractivity contribution in [3.63, 3.8) is 0 Å². The molecular weight excluding hydrogens is 260 g/mol. The quantitative estimate of drug-likeness (QED) is 0.760. The van der Waals surface area contributed by atoms with Crippen LogP contribution in [0.2, 0.25) is 0 Å². The monoisotopic (exact) mass is 282 g/mol. The first-order chi connectivity index (χ1) is 9.72. The van der Waals surface area contributed by atoms with E-state index in [0.717, 1.165) is 5.56 Å². The number of rotatable bonds is 6. The second-order valence-electron chi connectivity index (χ2n) is 4.99. The summed E-state index contributed by atoms with van der Waals surface area (Å²) in [6, 6.07) is 9.90. The standard InChI is InChI=1S/C15H22O5/c1-18-15-12(14(17)13(16)10-20-15)7-8-19-9-11-5-3-2-4-6-11/h2-6,12-17H,7-10H2,1H3/t12-,13-,14+,15-/m1/s1. The van der Waals surface area contributed by atoms with E-state index in [1.165, 1.54) is 7.11 Å². The fraction of sp³-hybridized carbons (Fsp3) is 0.600. The smallest absolute Gasteiger partial charge is 0.162 e. The number of hydrogen-bond acceptors (Lipinski definition) is 5. The molecular formula is C15H22O5. The molecule has 5 heteroatoms. The Morgan fingerprint density at radius 3 is 2.70 bits per heavy atom. The summed E-state index contributed by atoms with van der Waals surface area (Å²) in [4.78, 5) is 0. The Morgan fingerprint density at radius 2 is 2.00 bits per heavy atom. The lowest BCUT2D eigenvalue weighted by molar-refractivity contribution is -0.244. The molecule has 0 spiro atoms. The molecule has 0 radical (unpaired) electrons. The van der Waals surface area contributed by atoms with Crippen molar-refractivity contribution in [2.24, 2.45) is 5.92 Å². The highest BCUT2D eigenvalue weighted by Crippen LogP contribution is 2.25. The van der Waals surface area contributed by atoms with Gasteiger partial charge in [0.15, 0.2) is 6.29 Å². The van der Waals surface area contributed by atoms with E-state index in [9.17, 15) is 10.2 Å². The van der Waals surface area contributed by atoms with Crippen LogP contribution in [-0.2, 0) is 20.8 Å². The lowest BCUT2D eigenvalue weighted by Gasteiger charge is -2.37. The summed E-state index contributed by atoms with van der Waals surface area (Å²) in [5, 5.41) is 19.6. The van der Waals surface area contributed by atoms with Gasteiger partial charge in [-0.3, -0.25) is 0 Å². The van der Waals surface area contributed by atoms with Gasteiger partial charge in [-0.05, 0) is 12.0 Å². The van der Waals surface area contributed by atoms with Crippen LogP contribution < -0.4 is 0 Å². The number of aliphatic hydroxyl groups is 2. The second kappa shape index (κ2) is 7.71. The fourth-order valence-corrected chi connectivity index (χ4v) is 2.40. The molecule has 112 valence electrons. The molecule has 1 aliphatic heterocycles. The Labute approximate surface area is 119 Å². The first-order valence-electron chi connectivity index (χ1n) is 6.84. The zero-order valence-electron chi connectivity index (χ0n) is 11.6. The molecule has 1 heterocycles. The summed E-state index contributed by atoms with van der Waals surface area (Å²) in [7, 11) is 1.53. The van der Waals surface area contributed by atoms with Crippen molar-refractivity contribution in [1.29, 1.82) is 0 Å². The molecule has 0 amide bonds. The maximum atomic E-state index is 9.99. The Morgan fingerprint density at radius 1 is 1.25 bits per heavy atom. The van der Waals surface area contributed by atoms with Crippen molar-refractivity contribution in [3.8, 4) is 0 Å². The largest absolute Gasteiger partial charge is 0.390 e. The predicted octanol–water partition coefficient (Wildman–Crippen LogP) is 0.934. The lowest BCUT2D eigenvalue weighted by Crippen LogP contribution is -2.50. The Bertz CT molecular complexity index is 381. The molecule has 0 unspecified atom stereocenters. The average Bonchev–Trinajstić information content (AvgIpc) is 2.49. The molecule has 2 rings (SSSR count). The van der Waals surface area contributed by atoms with Gasteiger partial charge in [0, 0.05) is 19.6 Å². The van der Waals surface area contributed by atoms with Gasteiger partial charge in [0.2, 0.25) is 0 Å². The maximum Gasteiger partial charge on any atom is 0.162 e. The van der Waals surface area contributed by atoms with Crippen molar-refractivity contribution in [2.75, 3.05) is 20.3 Å². The van der Waals surface area contributed by atoms with Crippen LogP contribution in [0.25, 0.3) is 0 Å². The number of hydrogen-bond donors (Lipinski definition) is 2. The second-order valence-corrected chi connectivity index (χ2v) is 4.99. The van der Waals surface area contributed by atoms with Gasteiger partial charge in [-0.1, -0.05) is 30.3 Å². The Hall–Kier alpha value is -0.980. The van der Waals surface area contributed by atoms with E-state index >= 15 is 0 Å². The van der Waals surface area contributed by atoms with Crippen LogP contribution in [0.1, 0.15) is 12.0 Å². The van der Waals surface area contributed by atoms with Gasteiger partial charge in [0.05, 0.1) is 19.3 Å². The van der Waals surface area contributed by atoms with E-state index < -0.39 is 18.5 Å². The number of benzene rings is 1. The first-order valence-corrected chi connectivity index (χ1v) is 6.84. The molecule has 1 saturated heterocycles. The van der Waals surface area contributed by atoms with Crippen LogP contribution >= 0.6 is 0 Å². The minimum atomic E-state index is -0.861. The summed E-state index contributed by atoms with van der Waals surface area (Å²) in [5.74, 6) is -0.278. The summed E-state index contributed by atoms with van der Waals surface area (Å²) in [6.07, 6.45) is -1.62. The van der Waals surface area contributed by atoms with E-state index in [0.29, 0.717) is 19.6 Å². The van der Waals surface area contributed by atoms with Crippen LogP contribution in [0.4, 0.5) is 0 Å². The van der Waals surface area contributed by atoms with Crippen molar-refractivity contribution in [1.82, 2.24) is 0 Å². The van der Waals surface area contributed by atoms with E-state index in [4.69, 9.17) is 14.2 Å². The third-order valence-corrected chi connectivity index (χ3v) is 3.55. The molecule has 1 aromatic carbocycles. The highest BCUT2D eigenvalue weighted by atomic mass is 16.7. The summed E-state index contributed by atoms with van der Waals surface area (Å²) < 4.78 is 16.1. The third-order valence-electron chi connectivity index (χ3n) is 3.55. The first kappa shape index (κ1) is 15.4. The van der Waals surface area contributed by atoms with Crippen molar-refractivity contribution in [3.05, 3.63) is 35.9 Å². The van der Waals surface area contributed by atoms with Crippen LogP contribution in [0, 0.1) is 5.92 Å². The zero-order valence-corrected chi connectivity index (χ0v) is 11.6. The van der Waals surface area contributed by atoms with E-state index in [-0.39, 0.29) is 12.5 Å². The topological polar surface area (TPSA) is 68.2 Å². The highest BCUT2D eigenvalue weighted by Gasteiger charge is 2.38. The van der Waals surface area contributed by atoms with E-state index in [1.807, 2.05) is 30.3 Å². The summed E-state index contributed by atoms with van der Waals surface area (Å²) in [6.45, 7) is 1.11. The van der Waals surface area contributed by atoms with E-state index in [1.54, 1.807) is 0 Å². The van der Waals surface area contributed by atoms with Gasteiger partial charge in [0.1, 0.15) is 6.10 Å². The van der Waals surface area contributed by atoms with Crippen LogP contribution in [0.3, 0.4) is 0 Å². The van der Waals surface area contributed by atoms with Crippen molar-refractivity contribution >= 4 is 0 Å². The number of methoxy groups -OCH3 is 1. The molecule has 0 aliphatic carbocycles. The van der Waals surface area contributed by atoms with E-state index in [2.05, 4.69) is 0 Å². The van der Waals surface area contributed by atoms with Crippen LogP contribution in [0.15, 0.2) is 30.3 Å². The molecule has 2 N–H and O–H groups in total. The van der Waals surface area contributed by atoms with Gasteiger partial charge in [-0.25, -0.2) is 0 Å². The fourth-order valence-electron chi connectivity index (χ4n) is 2.40. The maximum absolute atomic E-state index is 9.99. The third kappa shape index (κ3) is 4.01. The van der Waals surface area contributed by atoms with Gasteiger partial charge < -0.3 is 24.4 Å². The minimum Gasteiger partial charge on any atom is -0.390 e. The van der Waals surface area contributed by atoms with Gasteiger partial charge >= 0.3 is 0 Å². The van der Waals surface area contributed by atoms with Crippen molar-refractivity contribution < 1.29 is 24.4 Å². The van der Waals surface area contributed by atoms with Crippen LogP contribution in [-0.4, -0.2) is 49.0 Å². The lowest BCUT2D eigenvalue weighted by atomic mass is 9.92. The zero-order chi connectivity index (χ0) is 14.4. The predicted molar refractivity (Wildman–Crippen MR) is 73.0 cm³/mol.